The van der Waals surface area contributed by atoms with Crippen molar-refractivity contribution < 1.29 is 9.32 Å². The number of rotatable bonds is 6. The van der Waals surface area contributed by atoms with Crippen LogP contribution in [0.15, 0.2) is 51.9 Å². The summed E-state index contributed by atoms with van der Waals surface area (Å²) in [6.07, 6.45) is 5.30. The number of anilines is 1. The van der Waals surface area contributed by atoms with Gasteiger partial charge < -0.3 is 19.6 Å². The molecule has 0 unspecified atom stereocenters. The zero-order valence-electron chi connectivity index (χ0n) is 18.6. The van der Waals surface area contributed by atoms with Gasteiger partial charge in [-0.3, -0.25) is 9.78 Å². The molecule has 1 aliphatic heterocycles. The summed E-state index contributed by atoms with van der Waals surface area (Å²) in [6, 6.07) is 12.6. The van der Waals surface area contributed by atoms with Crippen LogP contribution in [0.3, 0.4) is 0 Å². The molecule has 1 saturated carbocycles. The highest BCUT2D eigenvalue weighted by atomic mass is 16.5. The first-order valence-electron chi connectivity index (χ1n) is 11.4. The Balaban J connectivity index is 1.24. The maximum atomic E-state index is 13.2. The summed E-state index contributed by atoms with van der Waals surface area (Å²) in [5.74, 6) is 1.08. The van der Waals surface area contributed by atoms with E-state index in [-0.39, 0.29) is 30.2 Å². The Bertz CT molecular complexity index is 1270. The minimum Gasteiger partial charge on any atom is -0.359 e. The van der Waals surface area contributed by atoms with E-state index < -0.39 is 0 Å². The molecule has 0 bridgehead atoms. The van der Waals surface area contributed by atoms with Crippen LogP contribution in [-0.4, -0.2) is 51.2 Å². The fourth-order valence-electron chi connectivity index (χ4n) is 4.41. The van der Waals surface area contributed by atoms with Gasteiger partial charge in [0.05, 0.1) is 24.2 Å². The number of aromatic amines is 1. The largest absolute Gasteiger partial charge is 0.359 e. The molecule has 3 aromatic rings. The second-order valence-electron chi connectivity index (χ2n) is 8.67. The van der Waals surface area contributed by atoms with Crippen LogP contribution < -0.4 is 15.8 Å². The number of benzene rings is 1. The molecule has 2 N–H and O–H groups in total. The van der Waals surface area contributed by atoms with Crippen molar-refractivity contribution in [1.29, 1.82) is 5.26 Å². The topological polar surface area (TPSA) is 131 Å². The molecule has 10 nitrogen and oxygen atoms in total. The lowest BCUT2D eigenvalue weighted by Crippen LogP contribution is -2.54. The molecule has 10 heteroatoms. The van der Waals surface area contributed by atoms with Crippen LogP contribution >= 0.6 is 0 Å². The minimum atomic E-state index is -0.185. The van der Waals surface area contributed by atoms with Crippen LogP contribution in [0.5, 0.6) is 0 Å². The Kier molecular flexibility index (Phi) is 5.99. The quantitative estimate of drug-likeness (QED) is 0.579. The third-order valence-electron chi connectivity index (χ3n) is 6.18. The van der Waals surface area contributed by atoms with Crippen molar-refractivity contribution in [1.82, 2.24) is 25.3 Å². The second kappa shape index (κ2) is 9.39. The Morgan fingerprint density at radius 2 is 2.15 bits per heavy atom. The molecule has 0 radical (unpaired) electrons. The molecule has 1 saturated heterocycles. The summed E-state index contributed by atoms with van der Waals surface area (Å²) < 4.78 is 5.41. The molecule has 2 fully saturated rings. The third kappa shape index (κ3) is 4.78. The van der Waals surface area contributed by atoms with Gasteiger partial charge in [0.25, 0.3) is 5.56 Å². The number of nitriles is 1. The molecule has 1 aromatic carbocycles. The van der Waals surface area contributed by atoms with Gasteiger partial charge in [-0.05, 0) is 37.8 Å². The zero-order chi connectivity index (χ0) is 23.5. The summed E-state index contributed by atoms with van der Waals surface area (Å²) in [6.45, 7) is 1.63. The Hall–Kier alpha value is -4.13. The van der Waals surface area contributed by atoms with Crippen molar-refractivity contribution in [2.75, 3.05) is 18.0 Å². The predicted octanol–water partition coefficient (Wildman–Crippen LogP) is 2.64. The molecule has 2 aliphatic rings. The Morgan fingerprint density at radius 3 is 2.94 bits per heavy atom. The maximum Gasteiger partial charge on any atom is 0.318 e. The summed E-state index contributed by atoms with van der Waals surface area (Å²) in [4.78, 5) is 35.9. The van der Waals surface area contributed by atoms with Crippen molar-refractivity contribution in [2.45, 2.75) is 44.3 Å². The van der Waals surface area contributed by atoms with E-state index in [2.05, 4.69) is 26.5 Å². The van der Waals surface area contributed by atoms with E-state index in [0.29, 0.717) is 29.5 Å². The number of H-pyrrole nitrogens is 1. The number of carbonyl (C=O) groups is 1. The van der Waals surface area contributed by atoms with Gasteiger partial charge in [0.1, 0.15) is 5.69 Å². The van der Waals surface area contributed by atoms with E-state index in [0.717, 1.165) is 37.8 Å². The number of aromatic nitrogens is 3. The molecule has 34 heavy (non-hydrogen) atoms. The van der Waals surface area contributed by atoms with E-state index in [9.17, 15) is 9.59 Å². The van der Waals surface area contributed by atoms with Crippen molar-refractivity contribution in [3.05, 3.63) is 64.3 Å². The van der Waals surface area contributed by atoms with E-state index >= 15 is 0 Å². The number of carbonyl (C=O) groups excluding carboxylic acids is 1. The van der Waals surface area contributed by atoms with Crippen LogP contribution in [0.2, 0.25) is 0 Å². The van der Waals surface area contributed by atoms with Gasteiger partial charge in [0.2, 0.25) is 5.95 Å². The lowest BCUT2D eigenvalue weighted by atomic mass is 10.0. The lowest BCUT2D eigenvalue weighted by Gasteiger charge is -2.39. The molecular weight excluding hydrogens is 434 g/mol. The Labute approximate surface area is 196 Å². The summed E-state index contributed by atoms with van der Waals surface area (Å²) in [7, 11) is 0. The van der Waals surface area contributed by atoms with Gasteiger partial charge in [-0.15, -0.1) is 0 Å². The van der Waals surface area contributed by atoms with Crippen LogP contribution in [-0.2, 0) is 6.54 Å². The first-order valence-corrected chi connectivity index (χ1v) is 11.4. The molecule has 2 aromatic heterocycles. The number of hydrogen-bond acceptors (Lipinski definition) is 7. The molecule has 174 valence electrons. The lowest BCUT2D eigenvalue weighted by molar-refractivity contribution is 0.159. The monoisotopic (exact) mass is 459 g/mol. The number of piperidine rings is 1. The summed E-state index contributed by atoms with van der Waals surface area (Å²) >= 11 is 0. The number of urea groups is 1. The van der Waals surface area contributed by atoms with Gasteiger partial charge in [-0.25, -0.2) is 9.78 Å². The number of hydrogen-bond donors (Lipinski definition) is 2. The SMILES string of the molecule is N#Cc1cccc(-c2cc(CNC(=O)N(C3CC3)[C@@H]3CCCN(c4nccc(=O)[nH]4)C3)on2)c1. The van der Waals surface area contributed by atoms with Gasteiger partial charge in [0, 0.05) is 43.0 Å². The molecule has 0 spiro atoms. The smallest absolute Gasteiger partial charge is 0.318 e. The fraction of sp³-hybridized carbons (Fsp3) is 0.375. The number of nitrogens with one attached hydrogen (secondary N) is 2. The van der Waals surface area contributed by atoms with E-state index in [1.54, 1.807) is 24.3 Å². The van der Waals surface area contributed by atoms with Gasteiger partial charge in [0.15, 0.2) is 5.76 Å². The maximum absolute atomic E-state index is 13.2. The van der Waals surface area contributed by atoms with Gasteiger partial charge in [-0.2, -0.15) is 5.26 Å². The van der Waals surface area contributed by atoms with Crippen molar-refractivity contribution in [3.8, 4) is 17.3 Å². The van der Waals surface area contributed by atoms with Crippen LogP contribution in [0.4, 0.5) is 10.7 Å². The predicted molar refractivity (Wildman–Crippen MR) is 124 cm³/mol. The average molecular weight is 460 g/mol. The fourth-order valence-corrected chi connectivity index (χ4v) is 4.41. The highest BCUT2D eigenvalue weighted by Gasteiger charge is 2.39. The standard InChI is InChI=1S/C24H25N7O3/c25-13-16-3-1-4-17(11-16)21-12-20(34-29-21)14-27-24(33)31(18-6-7-18)19-5-2-10-30(15-19)23-26-9-8-22(32)28-23/h1,3-4,8-9,11-12,18-19H,2,5-7,10,14-15H2,(H,27,33)(H,26,28,32)/t19-/m1/s1. The minimum absolute atomic E-state index is 0.0331. The van der Waals surface area contributed by atoms with Crippen LogP contribution in [0.1, 0.15) is 37.0 Å². The van der Waals surface area contributed by atoms with E-state index in [1.165, 1.54) is 12.3 Å². The van der Waals surface area contributed by atoms with E-state index in [1.807, 2.05) is 15.9 Å². The summed E-state index contributed by atoms with van der Waals surface area (Å²) in [5, 5.41) is 16.2. The average Bonchev–Trinajstić information content (AvgIpc) is 3.58. The van der Waals surface area contributed by atoms with Crippen LogP contribution in [0, 0.1) is 11.3 Å². The highest BCUT2D eigenvalue weighted by Crippen LogP contribution is 2.32. The molecule has 1 aliphatic carbocycles. The normalized spacial score (nSPS) is 17.7. The van der Waals surface area contributed by atoms with Gasteiger partial charge in [-0.1, -0.05) is 17.3 Å². The van der Waals surface area contributed by atoms with Crippen molar-refractivity contribution in [2.24, 2.45) is 0 Å². The second-order valence-corrected chi connectivity index (χ2v) is 8.67. The van der Waals surface area contributed by atoms with Gasteiger partial charge >= 0.3 is 6.03 Å². The third-order valence-corrected chi connectivity index (χ3v) is 6.18. The zero-order valence-corrected chi connectivity index (χ0v) is 18.6. The highest BCUT2D eigenvalue weighted by molar-refractivity contribution is 5.75. The summed E-state index contributed by atoms with van der Waals surface area (Å²) in [5.41, 5.74) is 1.77. The number of nitrogens with zero attached hydrogens (tertiary/aromatic N) is 5. The van der Waals surface area contributed by atoms with Crippen LogP contribution in [0.25, 0.3) is 11.3 Å². The molecule has 2 amide bonds. The van der Waals surface area contributed by atoms with E-state index in [4.69, 9.17) is 9.78 Å². The van der Waals surface area contributed by atoms with Crippen molar-refractivity contribution >= 4 is 12.0 Å². The molecule has 1 atom stereocenters. The molecule has 3 heterocycles. The van der Waals surface area contributed by atoms with Crippen molar-refractivity contribution in [3.63, 3.8) is 0 Å². The first-order chi connectivity index (χ1) is 16.6. The molecular formula is C24H25N7O3. The first kappa shape index (κ1) is 21.7. The number of amides is 2. The Morgan fingerprint density at radius 1 is 1.26 bits per heavy atom. The molecule has 5 rings (SSSR count).